The topological polar surface area (TPSA) is 18.5 Å². The van der Waals surface area contributed by atoms with Gasteiger partial charge in [0, 0.05) is 5.56 Å². The molecule has 2 aromatic rings. The van der Waals surface area contributed by atoms with Crippen LogP contribution in [0.25, 0.3) is 0 Å². The zero-order valence-corrected chi connectivity index (χ0v) is 25.9. The van der Waals surface area contributed by atoms with Crippen LogP contribution in [-0.4, -0.2) is 5.60 Å². The molecule has 0 radical (unpaired) electrons. The summed E-state index contributed by atoms with van der Waals surface area (Å²) in [5.41, 5.74) is 6.21. The number of hydrogen-bond donors (Lipinski definition) is 0. The van der Waals surface area contributed by atoms with Crippen molar-refractivity contribution in [3.8, 4) is 11.5 Å². The van der Waals surface area contributed by atoms with E-state index in [2.05, 4.69) is 85.7 Å². The largest absolute Gasteiger partial charge is 0.488 e. The van der Waals surface area contributed by atoms with Gasteiger partial charge in [0.1, 0.15) is 23.7 Å². The van der Waals surface area contributed by atoms with Crippen molar-refractivity contribution >= 4 is 0 Å². The highest BCUT2D eigenvalue weighted by Gasteiger charge is 2.34. The van der Waals surface area contributed by atoms with E-state index in [-0.39, 0.29) is 5.60 Å². The van der Waals surface area contributed by atoms with Crippen molar-refractivity contribution in [1.29, 1.82) is 0 Å². The van der Waals surface area contributed by atoms with Crippen LogP contribution in [0.1, 0.15) is 127 Å². The van der Waals surface area contributed by atoms with E-state index in [0.29, 0.717) is 6.61 Å². The van der Waals surface area contributed by atoms with Crippen LogP contribution in [-0.2, 0) is 13.0 Å². The SMILES string of the molecule is Cc1c(C)c2c(c(C)c1OCc1ccccc1)CCC(C)(CCCC(C)CCCC(C)CCCC(C)C)O2. The molecule has 0 aliphatic carbocycles. The maximum Gasteiger partial charge on any atom is 0.127 e. The lowest BCUT2D eigenvalue weighted by Crippen LogP contribution is -2.37. The molecule has 1 aliphatic heterocycles. The lowest BCUT2D eigenvalue weighted by Gasteiger charge is -2.38. The van der Waals surface area contributed by atoms with Crippen LogP contribution < -0.4 is 9.47 Å². The highest BCUT2D eigenvalue weighted by Crippen LogP contribution is 2.45. The van der Waals surface area contributed by atoms with Crippen molar-refractivity contribution in [3.63, 3.8) is 0 Å². The Kier molecular flexibility index (Phi) is 11.6. The Bertz CT molecular complexity index is 992. The summed E-state index contributed by atoms with van der Waals surface area (Å²) in [6.07, 6.45) is 14.2. The van der Waals surface area contributed by atoms with E-state index >= 15 is 0 Å². The minimum atomic E-state index is -0.0618. The maximum absolute atomic E-state index is 6.82. The minimum Gasteiger partial charge on any atom is -0.488 e. The predicted octanol–water partition coefficient (Wildman–Crippen LogP) is 10.7. The van der Waals surface area contributed by atoms with E-state index in [1.807, 2.05) is 0 Å². The lowest BCUT2D eigenvalue weighted by molar-refractivity contribution is 0.0511. The smallest absolute Gasteiger partial charge is 0.127 e. The predicted molar refractivity (Wildman–Crippen MR) is 163 cm³/mol. The molecule has 3 atom stereocenters. The quantitative estimate of drug-likeness (QED) is 0.232. The van der Waals surface area contributed by atoms with E-state index in [4.69, 9.17) is 9.47 Å². The third-order valence-corrected chi connectivity index (χ3v) is 9.06. The third kappa shape index (κ3) is 8.78. The van der Waals surface area contributed by atoms with Gasteiger partial charge in [0.05, 0.1) is 0 Å². The van der Waals surface area contributed by atoms with Crippen LogP contribution in [0.15, 0.2) is 30.3 Å². The van der Waals surface area contributed by atoms with Gasteiger partial charge in [0.25, 0.3) is 0 Å². The zero-order chi connectivity index (χ0) is 27.7. The fraction of sp³-hybridized carbons (Fsp3) is 0.667. The van der Waals surface area contributed by atoms with E-state index in [1.54, 1.807) is 0 Å². The maximum atomic E-state index is 6.82. The molecular weight excluding hydrogens is 464 g/mol. The van der Waals surface area contributed by atoms with Crippen molar-refractivity contribution in [3.05, 3.63) is 58.1 Å². The summed E-state index contributed by atoms with van der Waals surface area (Å²) in [6, 6.07) is 10.4. The van der Waals surface area contributed by atoms with Gasteiger partial charge in [-0.1, -0.05) is 103 Å². The van der Waals surface area contributed by atoms with Gasteiger partial charge in [-0.15, -0.1) is 0 Å². The number of rotatable bonds is 15. The lowest BCUT2D eigenvalue weighted by atomic mass is 9.83. The summed E-state index contributed by atoms with van der Waals surface area (Å²) in [6.45, 7) is 19.1. The van der Waals surface area contributed by atoms with Gasteiger partial charge in [-0.3, -0.25) is 0 Å². The molecule has 3 unspecified atom stereocenters. The van der Waals surface area contributed by atoms with Crippen LogP contribution in [0.4, 0.5) is 0 Å². The average molecular weight is 521 g/mol. The molecule has 2 aromatic carbocycles. The molecule has 0 fully saturated rings. The first-order chi connectivity index (χ1) is 18.1. The Morgan fingerprint density at radius 3 is 2.03 bits per heavy atom. The van der Waals surface area contributed by atoms with Gasteiger partial charge >= 0.3 is 0 Å². The molecule has 0 spiro atoms. The molecule has 0 aromatic heterocycles. The highest BCUT2D eigenvalue weighted by molar-refractivity contribution is 5.59. The normalized spacial score (nSPS) is 18.7. The second kappa shape index (κ2) is 14.4. The Hall–Kier alpha value is -1.96. The van der Waals surface area contributed by atoms with E-state index in [9.17, 15) is 0 Å². The summed E-state index contributed by atoms with van der Waals surface area (Å²) in [5.74, 6) is 4.71. The Labute approximate surface area is 234 Å². The summed E-state index contributed by atoms with van der Waals surface area (Å²) >= 11 is 0. The standard InChI is InChI=1S/C36H56O2/c1-26(2)15-12-16-27(3)17-13-18-28(4)19-14-23-36(8)24-22-33-31(7)34(29(5)30(6)35(33)38-36)37-25-32-20-10-9-11-21-32/h9-11,20-21,26-28H,12-19,22-25H2,1-8H3. The highest BCUT2D eigenvalue weighted by atomic mass is 16.5. The Balaban J connectivity index is 1.48. The summed E-state index contributed by atoms with van der Waals surface area (Å²) in [5, 5.41) is 0. The Morgan fingerprint density at radius 1 is 0.789 bits per heavy atom. The second-order valence-corrected chi connectivity index (χ2v) is 13.2. The molecule has 0 saturated carbocycles. The summed E-state index contributed by atoms with van der Waals surface area (Å²) in [7, 11) is 0. The van der Waals surface area contributed by atoms with Crippen molar-refractivity contribution in [2.75, 3.05) is 0 Å². The van der Waals surface area contributed by atoms with Crippen molar-refractivity contribution in [2.24, 2.45) is 17.8 Å². The molecule has 0 bridgehead atoms. The zero-order valence-electron chi connectivity index (χ0n) is 25.9. The van der Waals surface area contributed by atoms with Gasteiger partial charge in [0.15, 0.2) is 0 Å². The fourth-order valence-corrected chi connectivity index (χ4v) is 6.21. The Morgan fingerprint density at radius 2 is 1.39 bits per heavy atom. The van der Waals surface area contributed by atoms with E-state index < -0.39 is 0 Å². The fourth-order valence-electron chi connectivity index (χ4n) is 6.21. The van der Waals surface area contributed by atoms with Gasteiger partial charge in [-0.2, -0.15) is 0 Å². The molecular formula is C36H56O2. The molecule has 2 heteroatoms. The average Bonchev–Trinajstić information content (AvgIpc) is 2.87. The number of benzene rings is 2. The summed E-state index contributed by atoms with van der Waals surface area (Å²) < 4.78 is 13.2. The first-order valence-corrected chi connectivity index (χ1v) is 15.6. The van der Waals surface area contributed by atoms with Crippen LogP contribution in [0.3, 0.4) is 0 Å². The second-order valence-electron chi connectivity index (χ2n) is 13.2. The van der Waals surface area contributed by atoms with Crippen LogP contribution in [0.5, 0.6) is 11.5 Å². The third-order valence-electron chi connectivity index (χ3n) is 9.06. The molecule has 2 nitrogen and oxygen atoms in total. The van der Waals surface area contributed by atoms with Gasteiger partial charge in [0.2, 0.25) is 0 Å². The van der Waals surface area contributed by atoms with E-state index in [1.165, 1.54) is 79.2 Å². The van der Waals surface area contributed by atoms with Gasteiger partial charge in [-0.25, -0.2) is 0 Å². The minimum absolute atomic E-state index is 0.0618. The number of fused-ring (bicyclic) bond motifs is 1. The first-order valence-electron chi connectivity index (χ1n) is 15.6. The van der Waals surface area contributed by atoms with Crippen LogP contribution in [0, 0.1) is 38.5 Å². The van der Waals surface area contributed by atoms with Gasteiger partial charge < -0.3 is 9.47 Å². The van der Waals surface area contributed by atoms with E-state index in [0.717, 1.165) is 48.5 Å². The van der Waals surface area contributed by atoms with Crippen LogP contribution in [0.2, 0.25) is 0 Å². The molecule has 38 heavy (non-hydrogen) atoms. The number of hydrogen-bond acceptors (Lipinski definition) is 2. The first kappa shape index (κ1) is 30.6. The summed E-state index contributed by atoms with van der Waals surface area (Å²) in [4.78, 5) is 0. The molecule has 0 amide bonds. The molecule has 1 aliphatic rings. The molecule has 0 saturated heterocycles. The molecule has 3 rings (SSSR count). The van der Waals surface area contributed by atoms with Crippen LogP contribution >= 0.6 is 0 Å². The molecule has 212 valence electrons. The van der Waals surface area contributed by atoms with Crippen molar-refractivity contribution < 1.29 is 9.47 Å². The van der Waals surface area contributed by atoms with Crippen molar-refractivity contribution in [1.82, 2.24) is 0 Å². The van der Waals surface area contributed by atoms with Gasteiger partial charge in [-0.05, 0) is 93.4 Å². The molecule has 1 heterocycles. The number of ether oxygens (including phenoxy) is 2. The monoisotopic (exact) mass is 520 g/mol. The molecule has 0 N–H and O–H groups in total. The van der Waals surface area contributed by atoms with Crippen molar-refractivity contribution in [2.45, 2.75) is 138 Å².